The van der Waals surface area contributed by atoms with E-state index in [4.69, 9.17) is 5.84 Å². The number of hydrazine groups is 1. The van der Waals surface area contributed by atoms with Crippen LogP contribution in [-0.2, 0) is 0 Å². The molecule has 1 rings (SSSR count). The highest BCUT2D eigenvalue weighted by Gasteiger charge is 2.25. The molecule has 0 spiro atoms. The van der Waals surface area contributed by atoms with Crippen molar-refractivity contribution in [2.24, 2.45) is 17.7 Å². The van der Waals surface area contributed by atoms with Gasteiger partial charge >= 0.3 is 0 Å². The summed E-state index contributed by atoms with van der Waals surface area (Å²) in [6.07, 6.45) is 9.63. The molecule has 1 aliphatic carbocycles. The molecule has 1 saturated carbocycles. The first-order valence-electron chi connectivity index (χ1n) is 6.25. The maximum atomic E-state index is 5.68. The van der Waals surface area contributed by atoms with E-state index >= 15 is 0 Å². The second-order valence-electron chi connectivity index (χ2n) is 4.83. The summed E-state index contributed by atoms with van der Waals surface area (Å²) in [5.74, 6) is 7.21. The third-order valence-electron chi connectivity index (χ3n) is 3.86. The van der Waals surface area contributed by atoms with Crippen LogP contribution >= 0.6 is 0 Å². The SMILES string of the molecule is CCC(C)C(NN)C1CCCCCC1. The molecule has 1 fully saturated rings. The average Bonchev–Trinajstić information content (AvgIpc) is 2.47. The van der Waals surface area contributed by atoms with Gasteiger partial charge in [-0.15, -0.1) is 0 Å². The predicted octanol–water partition coefficient (Wildman–Crippen LogP) is 2.83. The van der Waals surface area contributed by atoms with Crippen molar-refractivity contribution in [1.82, 2.24) is 5.43 Å². The quantitative estimate of drug-likeness (QED) is 0.414. The lowest BCUT2D eigenvalue weighted by Crippen LogP contribution is -2.45. The minimum absolute atomic E-state index is 0.540. The first-order chi connectivity index (χ1) is 6.79. The highest BCUT2D eigenvalue weighted by Crippen LogP contribution is 2.29. The van der Waals surface area contributed by atoms with Crippen molar-refractivity contribution in [2.45, 2.75) is 64.8 Å². The van der Waals surface area contributed by atoms with E-state index in [1.165, 1.54) is 44.9 Å². The van der Waals surface area contributed by atoms with Gasteiger partial charge in [0.2, 0.25) is 0 Å². The summed E-state index contributed by atoms with van der Waals surface area (Å²) in [6.45, 7) is 4.57. The van der Waals surface area contributed by atoms with Crippen LogP contribution in [0.1, 0.15) is 58.8 Å². The second kappa shape index (κ2) is 6.41. The third-order valence-corrected chi connectivity index (χ3v) is 3.86. The molecule has 0 aliphatic heterocycles. The number of hydrogen-bond acceptors (Lipinski definition) is 2. The van der Waals surface area contributed by atoms with Crippen molar-refractivity contribution in [1.29, 1.82) is 0 Å². The fourth-order valence-corrected chi connectivity index (χ4v) is 2.69. The summed E-state index contributed by atoms with van der Waals surface area (Å²) < 4.78 is 0. The Balaban J connectivity index is 2.48. The van der Waals surface area contributed by atoms with E-state index in [-0.39, 0.29) is 0 Å². The Morgan fingerprint density at radius 1 is 1.21 bits per heavy atom. The molecule has 84 valence electrons. The highest BCUT2D eigenvalue weighted by molar-refractivity contribution is 4.80. The summed E-state index contributed by atoms with van der Waals surface area (Å²) in [6, 6.07) is 0.540. The number of nitrogens with two attached hydrogens (primary N) is 1. The maximum Gasteiger partial charge on any atom is 0.0264 e. The smallest absolute Gasteiger partial charge is 0.0264 e. The summed E-state index contributed by atoms with van der Waals surface area (Å²) in [5, 5.41) is 0. The fraction of sp³-hybridized carbons (Fsp3) is 1.00. The molecule has 0 radical (unpaired) electrons. The summed E-state index contributed by atoms with van der Waals surface area (Å²) in [4.78, 5) is 0. The average molecular weight is 198 g/mol. The molecule has 0 aromatic carbocycles. The summed E-state index contributed by atoms with van der Waals surface area (Å²) in [5.41, 5.74) is 3.05. The third kappa shape index (κ3) is 3.25. The van der Waals surface area contributed by atoms with Gasteiger partial charge < -0.3 is 0 Å². The van der Waals surface area contributed by atoms with E-state index in [2.05, 4.69) is 19.3 Å². The predicted molar refractivity (Wildman–Crippen MR) is 61.8 cm³/mol. The number of rotatable bonds is 4. The van der Waals surface area contributed by atoms with E-state index in [1.54, 1.807) is 0 Å². The molecule has 2 heteroatoms. The lowest BCUT2D eigenvalue weighted by atomic mass is 9.83. The Bertz CT molecular complexity index is 139. The Labute approximate surface area is 88.6 Å². The molecule has 2 atom stereocenters. The second-order valence-corrected chi connectivity index (χ2v) is 4.83. The van der Waals surface area contributed by atoms with Gasteiger partial charge in [0.05, 0.1) is 0 Å². The summed E-state index contributed by atoms with van der Waals surface area (Å²) >= 11 is 0. The van der Waals surface area contributed by atoms with Gasteiger partial charge in [0.15, 0.2) is 0 Å². The maximum absolute atomic E-state index is 5.68. The van der Waals surface area contributed by atoms with Crippen molar-refractivity contribution < 1.29 is 0 Å². The van der Waals surface area contributed by atoms with Gasteiger partial charge in [0.1, 0.15) is 0 Å². The van der Waals surface area contributed by atoms with Crippen LogP contribution in [0.3, 0.4) is 0 Å². The zero-order valence-electron chi connectivity index (χ0n) is 9.76. The van der Waals surface area contributed by atoms with Gasteiger partial charge in [-0.25, -0.2) is 0 Å². The molecular formula is C12H26N2. The Hall–Kier alpha value is -0.0800. The van der Waals surface area contributed by atoms with Gasteiger partial charge in [0.25, 0.3) is 0 Å². The number of nitrogens with one attached hydrogen (secondary N) is 1. The van der Waals surface area contributed by atoms with Crippen LogP contribution in [0.2, 0.25) is 0 Å². The van der Waals surface area contributed by atoms with E-state index in [1.807, 2.05) is 0 Å². The van der Waals surface area contributed by atoms with Crippen molar-refractivity contribution in [3.8, 4) is 0 Å². The van der Waals surface area contributed by atoms with E-state index in [0.29, 0.717) is 12.0 Å². The zero-order chi connectivity index (χ0) is 10.4. The van der Waals surface area contributed by atoms with Crippen LogP contribution in [-0.4, -0.2) is 6.04 Å². The lowest BCUT2D eigenvalue weighted by Gasteiger charge is -2.30. The molecule has 3 N–H and O–H groups in total. The molecule has 14 heavy (non-hydrogen) atoms. The van der Waals surface area contributed by atoms with Crippen LogP contribution in [0.25, 0.3) is 0 Å². The highest BCUT2D eigenvalue weighted by atomic mass is 15.2. The molecule has 0 aromatic rings. The molecular weight excluding hydrogens is 172 g/mol. The molecule has 0 heterocycles. The van der Waals surface area contributed by atoms with Crippen molar-refractivity contribution in [2.75, 3.05) is 0 Å². The molecule has 0 bridgehead atoms. The topological polar surface area (TPSA) is 38.0 Å². The van der Waals surface area contributed by atoms with Crippen molar-refractivity contribution >= 4 is 0 Å². The van der Waals surface area contributed by atoms with Crippen LogP contribution in [0, 0.1) is 11.8 Å². The minimum Gasteiger partial charge on any atom is -0.271 e. The molecule has 0 aromatic heterocycles. The molecule has 2 unspecified atom stereocenters. The molecule has 2 nitrogen and oxygen atoms in total. The van der Waals surface area contributed by atoms with Gasteiger partial charge in [-0.05, 0) is 24.7 Å². The molecule has 0 amide bonds. The fourth-order valence-electron chi connectivity index (χ4n) is 2.69. The van der Waals surface area contributed by atoms with Gasteiger partial charge in [-0.2, -0.15) is 0 Å². The van der Waals surface area contributed by atoms with Crippen LogP contribution in [0.5, 0.6) is 0 Å². The van der Waals surface area contributed by atoms with Crippen LogP contribution in [0.15, 0.2) is 0 Å². The number of hydrogen-bond donors (Lipinski definition) is 2. The monoisotopic (exact) mass is 198 g/mol. The normalized spacial score (nSPS) is 24.2. The molecule has 1 aliphatic rings. The van der Waals surface area contributed by atoms with E-state index in [9.17, 15) is 0 Å². The van der Waals surface area contributed by atoms with Crippen LogP contribution in [0.4, 0.5) is 0 Å². The van der Waals surface area contributed by atoms with E-state index in [0.717, 1.165) is 5.92 Å². The van der Waals surface area contributed by atoms with Crippen LogP contribution < -0.4 is 11.3 Å². The Morgan fingerprint density at radius 3 is 2.21 bits per heavy atom. The molecule has 0 saturated heterocycles. The van der Waals surface area contributed by atoms with Gasteiger partial charge in [-0.3, -0.25) is 11.3 Å². The Morgan fingerprint density at radius 2 is 1.79 bits per heavy atom. The first-order valence-corrected chi connectivity index (χ1v) is 6.25. The van der Waals surface area contributed by atoms with Crippen molar-refractivity contribution in [3.63, 3.8) is 0 Å². The lowest BCUT2D eigenvalue weighted by molar-refractivity contribution is 0.244. The van der Waals surface area contributed by atoms with Gasteiger partial charge in [-0.1, -0.05) is 46.0 Å². The zero-order valence-corrected chi connectivity index (χ0v) is 9.76. The van der Waals surface area contributed by atoms with Gasteiger partial charge in [0, 0.05) is 6.04 Å². The standard InChI is InChI=1S/C12H26N2/c1-3-10(2)12(14-13)11-8-6-4-5-7-9-11/h10-12,14H,3-9,13H2,1-2H3. The Kier molecular flexibility index (Phi) is 5.49. The van der Waals surface area contributed by atoms with Crippen molar-refractivity contribution in [3.05, 3.63) is 0 Å². The summed E-state index contributed by atoms with van der Waals surface area (Å²) in [7, 11) is 0. The largest absolute Gasteiger partial charge is 0.271 e. The minimum atomic E-state index is 0.540. The van der Waals surface area contributed by atoms with E-state index < -0.39 is 0 Å². The first kappa shape index (κ1) is 12.0.